The van der Waals surface area contributed by atoms with Crippen LogP contribution in [0.2, 0.25) is 0 Å². The molecule has 1 heterocycles. The average molecular weight is 257 g/mol. The maximum atomic E-state index is 5.16. The van der Waals surface area contributed by atoms with Gasteiger partial charge in [0.1, 0.15) is 5.75 Å². The predicted octanol–water partition coefficient (Wildman–Crippen LogP) is 2.77. The van der Waals surface area contributed by atoms with Crippen molar-refractivity contribution in [3.8, 4) is 5.75 Å². The highest BCUT2D eigenvalue weighted by molar-refractivity contribution is 5.49. The molecule has 0 aliphatic carbocycles. The molecule has 4 nitrogen and oxygen atoms in total. The Morgan fingerprint density at radius 1 is 1.21 bits per heavy atom. The van der Waals surface area contributed by atoms with Gasteiger partial charge < -0.3 is 15.0 Å². The first-order chi connectivity index (χ1) is 9.22. The van der Waals surface area contributed by atoms with Gasteiger partial charge in [0.15, 0.2) is 0 Å². The number of aromatic nitrogens is 1. The van der Waals surface area contributed by atoms with Gasteiger partial charge in [-0.05, 0) is 36.4 Å². The molecule has 1 aromatic carbocycles. The SMILES string of the molecule is CNc1ccnc(CN(C)c2ccc(OC)cc2)c1. The smallest absolute Gasteiger partial charge is 0.119 e. The van der Waals surface area contributed by atoms with Gasteiger partial charge >= 0.3 is 0 Å². The van der Waals surface area contributed by atoms with Gasteiger partial charge in [-0.3, -0.25) is 4.98 Å². The normalized spacial score (nSPS) is 10.1. The van der Waals surface area contributed by atoms with Crippen LogP contribution in [0.25, 0.3) is 0 Å². The van der Waals surface area contributed by atoms with Crippen molar-refractivity contribution in [2.45, 2.75) is 6.54 Å². The third-order valence-corrected chi connectivity index (χ3v) is 3.02. The Morgan fingerprint density at radius 2 is 1.95 bits per heavy atom. The van der Waals surface area contributed by atoms with E-state index in [9.17, 15) is 0 Å². The minimum absolute atomic E-state index is 0.766. The summed E-state index contributed by atoms with van der Waals surface area (Å²) < 4.78 is 5.16. The Kier molecular flexibility index (Phi) is 4.23. The molecule has 4 heteroatoms. The molecular formula is C15H19N3O. The largest absolute Gasteiger partial charge is 0.497 e. The van der Waals surface area contributed by atoms with Crippen molar-refractivity contribution >= 4 is 11.4 Å². The maximum absolute atomic E-state index is 5.16. The van der Waals surface area contributed by atoms with Crippen LogP contribution in [0, 0.1) is 0 Å². The van der Waals surface area contributed by atoms with E-state index in [1.165, 1.54) is 0 Å². The molecule has 0 saturated heterocycles. The molecule has 0 aliphatic rings. The highest BCUT2D eigenvalue weighted by Crippen LogP contribution is 2.19. The highest BCUT2D eigenvalue weighted by atomic mass is 16.5. The van der Waals surface area contributed by atoms with Crippen LogP contribution in [0.3, 0.4) is 0 Å². The lowest BCUT2D eigenvalue weighted by Gasteiger charge is -2.19. The van der Waals surface area contributed by atoms with Crippen LogP contribution in [0.1, 0.15) is 5.69 Å². The summed E-state index contributed by atoms with van der Waals surface area (Å²) in [6.45, 7) is 0.766. The van der Waals surface area contributed by atoms with Crippen molar-refractivity contribution in [3.63, 3.8) is 0 Å². The van der Waals surface area contributed by atoms with E-state index >= 15 is 0 Å². The Hall–Kier alpha value is -2.23. The minimum Gasteiger partial charge on any atom is -0.497 e. The fourth-order valence-electron chi connectivity index (χ4n) is 1.89. The van der Waals surface area contributed by atoms with Crippen LogP contribution in [0.15, 0.2) is 42.6 Å². The van der Waals surface area contributed by atoms with Crippen LogP contribution in [-0.2, 0) is 6.54 Å². The van der Waals surface area contributed by atoms with Gasteiger partial charge in [-0.25, -0.2) is 0 Å². The van der Waals surface area contributed by atoms with Gasteiger partial charge in [-0.15, -0.1) is 0 Å². The lowest BCUT2D eigenvalue weighted by Crippen LogP contribution is -2.17. The molecule has 0 spiro atoms. The molecule has 0 bridgehead atoms. The molecule has 0 radical (unpaired) electrons. The van der Waals surface area contributed by atoms with Gasteiger partial charge in [-0.2, -0.15) is 0 Å². The molecule has 0 amide bonds. The highest BCUT2D eigenvalue weighted by Gasteiger charge is 2.04. The van der Waals surface area contributed by atoms with Crippen molar-refractivity contribution in [3.05, 3.63) is 48.3 Å². The van der Waals surface area contributed by atoms with E-state index in [1.807, 2.05) is 43.6 Å². The van der Waals surface area contributed by atoms with Crippen molar-refractivity contribution < 1.29 is 4.74 Å². The minimum atomic E-state index is 0.766. The number of benzene rings is 1. The van der Waals surface area contributed by atoms with Crippen molar-refractivity contribution in [1.82, 2.24) is 4.98 Å². The van der Waals surface area contributed by atoms with Crippen molar-refractivity contribution in [2.75, 3.05) is 31.4 Å². The fraction of sp³-hybridized carbons (Fsp3) is 0.267. The van der Waals surface area contributed by atoms with E-state index in [-0.39, 0.29) is 0 Å². The van der Waals surface area contributed by atoms with E-state index in [4.69, 9.17) is 4.74 Å². The first-order valence-electron chi connectivity index (χ1n) is 6.21. The Labute approximate surface area is 114 Å². The van der Waals surface area contributed by atoms with Gasteiger partial charge in [0.25, 0.3) is 0 Å². The second-order valence-corrected chi connectivity index (χ2v) is 4.34. The van der Waals surface area contributed by atoms with Crippen LogP contribution in [-0.4, -0.2) is 26.2 Å². The summed E-state index contributed by atoms with van der Waals surface area (Å²) in [6, 6.07) is 12.0. The molecule has 0 aliphatic heterocycles. The topological polar surface area (TPSA) is 37.4 Å². The second-order valence-electron chi connectivity index (χ2n) is 4.34. The molecule has 1 aromatic heterocycles. The predicted molar refractivity (Wildman–Crippen MR) is 78.9 cm³/mol. The molecule has 2 rings (SSSR count). The molecule has 1 N–H and O–H groups in total. The lowest BCUT2D eigenvalue weighted by molar-refractivity contribution is 0.415. The number of methoxy groups -OCH3 is 1. The number of hydrogen-bond acceptors (Lipinski definition) is 4. The number of hydrogen-bond donors (Lipinski definition) is 1. The van der Waals surface area contributed by atoms with E-state index in [0.717, 1.165) is 29.4 Å². The summed E-state index contributed by atoms with van der Waals surface area (Å²) in [5.74, 6) is 0.868. The fourth-order valence-corrected chi connectivity index (χ4v) is 1.89. The van der Waals surface area contributed by atoms with E-state index in [2.05, 4.69) is 28.3 Å². The van der Waals surface area contributed by atoms with E-state index < -0.39 is 0 Å². The van der Waals surface area contributed by atoms with Crippen LogP contribution < -0.4 is 15.0 Å². The summed E-state index contributed by atoms with van der Waals surface area (Å²) in [4.78, 5) is 6.53. The number of nitrogens with one attached hydrogen (secondary N) is 1. The zero-order valence-corrected chi connectivity index (χ0v) is 11.6. The zero-order chi connectivity index (χ0) is 13.7. The summed E-state index contributed by atoms with van der Waals surface area (Å²) in [6.07, 6.45) is 1.82. The molecule has 0 fully saturated rings. The molecule has 100 valence electrons. The number of rotatable bonds is 5. The summed E-state index contributed by atoms with van der Waals surface area (Å²) in [5, 5.41) is 3.12. The van der Waals surface area contributed by atoms with E-state index in [0.29, 0.717) is 0 Å². The molecule has 0 atom stereocenters. The number of pyridine rings is 1. The van der Waals surface area contributed by atoms with Gasteiger partial charge in [0, 0.05) is 31.7 Å². The maximum Gasteiger partial charge on any atom is 0.119 e. The Bertz CT molecular complexity index is 525. The first-order valence-corrected chi connectivity index (χ1v) is 6.21. The third kappa shape index (κ3) is 3.37. The van der Waals surface area contributed by atoms with Crippen molar-refractivity contribution in [1.29, 1.82) is 0 Å². The molecule has 19 heavy (non-hydrogen) atoms. The average Bonchev–Trinajstić information content (AvgIpc) is 2.47. The number of ether oxygens (including phenoxy) is 1. The summed E-state index contributed by atoms with van der Waals surface area (Å²) in [7, 11) is 5.63. The van der Waals surface area contributed by atoms with Crippen molar-refractivity contribution in [2.24, 2.45) is 0 Å². The summed E-state index contributed by atoms with van der Waals surface area (Å²) >= 11 is 0. The van der Waals surface area contributed by atoms with Crippen LogP contribution in [0.5, 0.6) is 5.75 Å². The first kappa shape index (κ1) is 13.2. The van der Waals surface area contributed by atoms with E-state index in [1.54, 1.807) is 7.11 Å². The third-order valence-electron chi connectivity index (χ3n) is 3.02. The second kappa shape index (κ2) is 6.09. The molecule has 0 unspecified atom stereocenters. The van der Waals surface area contributed by atoms with Crippen LogP contribution >= 0.6 is 0 Å². The molecule has 2 aromatic rings. The van der Waals surface area contributed by atoms with Crippen LogP contribution in [0.4, 0.5) is 11.4 Å². The monoisotopic (exact) mass is 257 g/mol. The standard InChI is InChI=1S/C15H19N3O/c1-16-12-8-9-17-13(10-12)11-18(2)14-4-6-15(19-3)7-5-14/h4-10H,11H2,1-3H3,(H,16,17). The quantitative estimate of drug-likeness (QED) is 0.893. The van der Waals surface area contributed by atoms with Gasteiger partial charge in [0.05, 0.1) is 19.3 Å². The Morgan fingerprint density at radius 3 is 2.58 bits per heavy atom. The molecular weight excluding hydrogens is 238 g/mol. The molecule has 0 saturated carbocycles. The Balaban J connectivity index is 2.08. The van der Waals surface area contributed by atoms with Gasteiger partial charge in [0.2, 0.25) is 0 Å². The lowest BCUT2D eigenvalue weighted by atomic mass is 10.2. The summed E-state index contributed by atoms with van der Waals surface area (Å²) in [5.41, 5.74) is 3.25. The number of anilines is 2. The zero-order valence-electron chi connectivity index (χ0n) is 11.6. The van der Waals surface area contributed by atoms with Gasteiger partial charge in [-0.1, -0.05) is 0 Å². The number of nitrogens with zero attached hydrogens (tertiary/aromatic N) is 2.